The predicted molar refractivity (Wildman–Crippen MR) is 131 cm³/mol. The van der Waals surface area contributed by atoms with Crippen molar-refractivity contribution in [3.8, 4) is 11.5 Å². The zero-order chi connectivity index (χ0) is 23.5. The molecule has 1 N–H and O–H groups in total. The minimum Gasteiger partial charge on any atom is -0.385 e. The van der Waals surface area contributed by atoms with Crippen LogP contribution in [-0.4, -0.2) is 45.5 Å². The predicted octanol–water partition coefficient (Wildman–Crippen LogP) is 4.62. The van der Waals surface area contributed by atoms with Crippen molar-refractivity contribution >= 4 is 6.03 Å². The molecule has 4 aromatic rings. The van der Waals surface area contributed by atoms with Gasteiger partial charge in [0.2, 0.25) is 0 Å². The molecule has 0 saturated carbocycles. The summed E-state index contributed by atoms with van der Waals surface area (Å²) in [5, 5.41) is 7.98. The van der Waals surface area contributed by atoms with E-state index in [1.165, 1.54) is 0 Å². The molecule has 2 aromatic carbocycles. The minimum absolute atomic E-state index is 0.0996. The Morgan fingerprint density at radius 3 is 2.53 bits per heavy atom. The van der Waals surface area contributed by atoms with Gasteiger partial charge in [-0.25, -0.2) is 9.48 Å². The Kier molecular flexibility index (Phi) is 6.18. The van der Waals surface area contributed by atoms with Gasteiger partial charge in [-0.3, -0.25) is 0 Å². The Labute approximate surface area is 199 Å². The van der Waals surface area contributed by atoms with Crippen LogP contribution in [0.4, 0.5) is 4.79 Å². The number of carbonyl (C=O) groups excluding carboxylic acids is 1. The fraction of sp³-hybridized carbons (Fsp3) is 0.259. The van der Waals surface area contributed by atoms with Crippen molar-refractivity contribution in [3.63, 3.8) is 0 Å². The van der Waals surface area contributed by atoms with Gasteiger partial charge in [-0.05, 0) is 43.2 Å². The van der Waals surface area contributed by atoms with Crippen LogP contribution in [0.25, 0.3) is 11.5 Å². The van der Waals surface area contributed by atoms with E-state index in [9.17, 15) is 4.79 Å². The van der Waals surface area contributed by atoms with Crippen LogP contribution in [0.3, 0.4) is 0 Å². The van der Waals surface area contributed by atoms with Gasteiger partial charge in [0, 0.05) is 32.0 Å². The smallest absolute Gasteiger partial charge is 0.318 e. The van der Waals surface area contributed by atoms with E-state index in [1.54, 1.807) is 7.11 Å². The van der Waals surface area contributed by atoms with Gasteiger partial charge < -0.3 is 19.5 Å². The van der Waals surface area contributed by atoms with Crippen LogP contribution in [0.5, 0.6) is 0 Å². The summed E-state index contributed by atoms with van der Waals surface area (Å²) in [6.45, 7) is 3.63. The largest absolute Gasteiger partial charge is 0.385 e. The Morgan fingerprint density at radius 1 is 1.06 bits per heavy atom. The summed E-state index contributed by atoms with van der Waals surface area (Å²) in [5.74, 6) is 0.972. The topological polar surface area (TPSA) is 64.3 Å². The summed E-state index contributed by atoms with van der Waals surface area (Å²) in [6.07, 6.45) is 2.82. The van der Waals surface area contributed by atoms with Gasteiger partial charge in [-0.15, -0.1) is 0 Å². The van der Waals surface area contributed by atoms with Gasteiger partial charge in [0.15, 0.2) is 0 Å². The highest BCUT2D eigenvalue weighted by Gasteiger charge is 2.35. The first-order valence-electron chi connectivity index (χ1n) is 11.6. The molecule has 1 aliphatic heterocycles. The molecular weight excluding hydrogens is 426 g/mol. The molecule has 2 amide bonds. The monoisotopic (exact) mass is 455 g/mol. The number of hydrogen-bond acceptors (Lipinski definition) is 3. The molecule has 1 aliphatic rings. The van der Waals surface area contributed by atoms with Gasteiger partial charge in [-0.2, -0.15) is 5.10 Å². The number of rotatable bonds is 6. The number of aromatic nitrogens is 3. The van der Waals surface area contributed by atoms with Gasteiger partial charge in [-0.1, -0.05) is 48.5 Å². The number of aryl methyl sites for hydroxylation is 1. The average Bonchev–Trinajstić information content (AvgIpc) is 3.43. The molecule has 174 valence electrons. The van der Waals surface area contributed by atoms with Crippen molar-refractivity contribution in [2.75, 3.05) is 20.3 Å². The average molecular weight is 456 g/mol. The van der Waals surface area contributed by atoms with E-state index >= 15 is 0 Å². The second-order valence-corrected chi connectivity index (χ2v) is 8.46. The van der Waals surface area contributed by atoms with Crippen molar-refractivity contribution in [1.29, 1.82) is 0 Å². The maximum atomic E-state index is 13.6. The van der Waals surface area contributed by atoms with Crippen molar-refractivity contribution in [2.24, 2.45) is 0 Å². The number of para-hydroxylation sites is 1. The van der Waals surface area contributed by atoms with Gasteiger partial charge in [0.05, 0.1) is 29.7 Å². The maximum absolute atomic E-state index is 13.6. The molecule has 0 fully saturated rings. The molecule has 7 nitrogen and oxygen atoms in total. The number of urea groups is 1. The third-order valence-corrected chi connectivity index (χ3v) is 6.26. The van der Waals surface area contributed by atoms with Crippen LogP contribution in [0.1, 0.15) is 35.0 Å². The first-order valence-corrected chi connectivity index (χ1v) is 11.6. The number of fused-ring (bicyclic) bond motifs is 3. The molecule has 7 heteroatoms. The fourth-order valence-corrected chi connectivity index (χ4v) is 4.65. The molecule has 0 bridgehead atoms. The van der Waals surface area contributed by atoms with E-state index in [-0.39, 0.29) is 12.1 Å². The minimum atomic E-state index is -0.241. The van der Waals surface area contributed by atoms with Gasteiger partial charge in [0.25, 0.3) is 0 Å². The summed E-state index contributed by atoms with van der Waals surface area (Å²) in [4.78, 5) is 15.5. The Bertz CT molecular complexity index is 1260. The molecule has 0 saturated heterocycles. The second kappa shape index (κ2) is 9.57. The zero-order valence-electron chi connectivity index (χ0n) is 19.5. The maximum Gasteiger partial charge on any atom is 0.318 e. The summed E-state index contributed by atoms with van der Waals surface area (Å²) in [7, 11) is 1.67. The third-order valence-electron chi connectivity index (χ3n) is 6.26. The number of carbonyl (C=O) groups is 1. The molecule has 1 unspecified atom stereocenters. The zero-order valence-corrected chi connectivity index (χ0v) is 19.5. The van der Waals surface area contributed by atoms with Crippen LogP contribution >= 0.6 is 0 Å². The molecule has 34 heavy (non-hydrogen) atoms. The number of hydrogen-bond donors (Lipinski definition) is 1. The second-order valence-electron chi connectivity index (χ2n) is 8.46. The number of ether oxygens (including phenoxy) is 1. The van der Waals surface area contributed by atoms with E-state index < -0.39 is 0 Å². The number of methoxy groups -OCH3 is 1. The van der Waals surface area contributed by atoms with Crippen molar-refractivity contribution in [3.05, 3.63) is 102 Å². The first kappa shape index (κ1) is 22.0. The lowest BCUT2D eigenvalue weighted by Crippen LogP contribution is -2.42. The number of nitrogens with zero attached hydrogens (tertiary/aromatic N) is 4. The highest BCUT2D eigenvalue weighted by Crippen LogP contribution is 2.38. The normalized spacial score (nSPS) is 14.9. The molecule has 1 atom stereocenters. The molecule has 2 aromatic heterocycles. The summed E-state index contributed by atoms with van der Waals surface area (Å²) < 4.78 is 9.30. The fourth-order valence-electron chi connectivity index (χ4n) is 4.65. The molecule has 0 spiro atoms. The van der Waals surface area contributed by atoms with Crippen LogP contribution in [0.15, 0.2) is 79.0 Å². The molecule has 3 heterocycles. The lowest BCUT2D eigenvalue weighted by molar-refractivity contribution is 0.174. The third kappa shape index (κ3) is 3.99. The Morgan fingerprint density at radius 2 is 1.79 bits per heavy atom. The van der Waals surface area contributed by atoms with E-state index in [0.717, 1.165) is 40.4 Å². The number of benzene rings is 2. The van der Waals surface area contributed by atoms with E-state index in [0.29, 0.717) is 19.7 Å². The SMILES string of the molecule is COCCCNC(=O)N1Cc2c(C)nn(-c3ccccc3)c2-n2cccc2C1c1ccccc1. The van der Waals surface area contributed by atoms with Crippen molar-refractivity contribution in [2.45, 2.75) is 25.9 Å². The number of nitrogens with one attached hydrogen (secondary N) is 1. The molecule has 0 aliphatic carbocycles. The van der Waals surface area contributed by atoms with Crippen LogP contribution in [0.2, 0.25) is 0 Å². The van der Waals surface area contributed by atoms with Gasteiger partial charge >= 0.3 is 6.03 Å². The van der Waals surface area contributed by atoms with Crippen LogP contribution in [0, 0.1) is 6.92 Å². The molecule has 0 radical (unpaired) electrons. The van der Waals surface area contributed by atoms with Crippen molar-refractivity contribution in [1.82, 2.24) is 24.6 Å². The van der Waals surface area contributed by atoms with E-state index in [4.69, 9.17) is 9.84 Å². The molecular formula is C27H29N5O2. The number of amides is 2. The van der Waals surface area contributed by atoms with Gasteiger partial charge in [0.1, 0.15) is 5.82 Å². The summed E-state index contributed by atoms with van der Waals surface area (Å²) in [5.41, 5.74) is 5.02. The van der Waals surface area contributed by atoms with Crippen LogP contribution in [-0.2, 0) is 11.3 Å². The lowest BCUT2D eigenvalue weighted by atomic mass is 10.0. The first-order chi connectivity index (χ1) is 16.7. The van der Waals surface area contributed by atoms with E-state index in [1.807, 2.05) is 59.0 Å². The highest BCUT2D eigenvalue weighted by molar-refractivity contribution is 5.76. The van der Waals surface area contributed by atoms with E-state index in [2.05, 4.69) is 46.4 Å². The summed E-state index contributed by atoms with van der Waals surface area (Å²) >= 11 is 0. The lowest BCUT2D eigenvalue weighted by Gasteiger charge is -2.31. The quantitative estimate of drug-likeness (QED) is 0.432. The Hall–Kier alpha value is -3.84. The van der Waals surface area contributed by atoms with Crippen LogP contribution < -0.4 is 5.32 Å². The highest BCUT2D eigenvalue weighted by atomic mass is 16.5. The summed E-state index contributed by atoms with van der Waals surface area (Å²) in [6, 6.07) is 24.1. The Balaban J connectivity index is 1.64. The van der Waals surface area contributed by atoms with Crippen molar-refractivity contribution < 1.29 is 9.53 Å². The standard InChI is InChI=1S/C27H29N5O2/c1-20-23-19-31(27(33)28-16-10-18-34-2)25(21-11-5-3-6-12-21)24-15-9-17-30(24)26(23)32(29-20)22-13-7-4-8-14-22/h3-9,11-15,17,25H,10,16,18-19H2,1-2H3,(H,28,33). The molecule has 5 rings (SSSR count).